The van der Waals surface area contributed by atoms with Crippen LogP contribution in [0, 0.1) is 0 Å². The summed E-state index contributed by atoms with van der Waals surface area (Å²) in [6, 6.07) is 9.01. The van der Waals surface area contributed by atoms with Gasteiger partial charge in [0, 0.05) is 0 Å². The van der Waals surface area contributed by atoms with Crippen molar-refractivity contribution in [2.24, 2.45) is 0 Å². The van der Waals surface area contributed by atoms with E-state index < -0.39 is 15.8 Å². The molecule has 1 aromatic heterocycles. The molecule has 0 saturated carbocycles. The zero-order valence-corrected chi connectivity index (χ0v) is 13.6. The van der Waals surface area contributed by atoms with E-state index in [1.807, 2.05) is 12.1 Å². The summed E-state index contributed by atoms with van der Waals surface area (Å²) in [4.78, 5) is 16.0. The van der Waals surface area contributed by atoms with E-state index in [-0.39, 0.29) is 5.97 Å². The summed E-state index contributed by atoms with van der Waals surface area (Å²) in [5, 5.41) is 0.562. The van der Waals surface area contributed by atoms with Crippen LogP contribution in [0.1, 0.15) is 10.4 Å². The topological polar surface area (TPSA) is 48.4 Å². The number of aromatic nitrogens is 1. The van der Waals surface area contributed by atoms with Gasteiger partial charge < -0.3 is 0 Å². The molecule has 6 heteroatoms. The molecule has 0 atom stereocenters. The minimum absolute atomic E-state index is 0.371. The van der Waals surface area contributed by atoms with Crippen LogP contribution < -0.4 is 13.6 Å². The van der Waals surface area contributed by atoms with Gasteiger partial charge in [-0.3, -0.25) is 0 Å². The molecule has 1 radical (unpaired) electrons. The number of esters is 1. The average molecular weight is 353 g/mol. The number of carbonyl (C=O) groups is 1. The van der Waals surface area contributed by atoms with Gasteiger partial charge in [0.15, 0.2) is 0 Å². The van der Waals surface area contributed by atoms with Crippen LogP contribution in [0.15, 0.2) is 36.5 Å². The quantitative estimate of drug-likeness (QED) is 0.612. The van der Waals surface area contributed by atoms with Crippen molar-refractivity contribution < 1.29 is 14.3 Å². The van der Waals surface area contributed by atoms with Crippen molar-refractivity contribution in [3.63, 3.8) is 0 Å². The van der Waals surface area contributed by atoms with Crippen molar-refractivity contribution in [2.45, 2.75) is 0 Å². The van der Waals surface area contributed by atoms with Crippen LogP contribution in [0.5, 0.6) is 5.75 Å². The Morgan fingerprint density at radius 3 is 2.80 bits per heavy atom. The standard InChI is InChI=1S/C14H12AsClNO3/c1-19-12-8-9(5-6-11(12)16)15-13-10(14(18)20-2)4-3-7-17-13/h3-8H,1-2H3. The number of ether oxygens (including phenoxy) is 2. The van der Waals surface area contributed by atoms with E-state index in [0.29, 0.717) is 16.3 Å². The Kier molecular flexibility index (Phi) is 5.04. The SMILES string of the molecule is COC(=O)c1cccnc1[As]c1ccc(Cl)c(OC)c1. The molecule has 1 heterocycles. The summed E-state index contributed by atoms with van der Waals surface area (Å²) in [5.41, 5.74) is 0.504. The van der Waals surface area contributed by atoms with Crippen LogP contribution in [0.4, 0.5) is 0 Å². The first-order valence-electron chi connectivity index (χ1n) is 5.74. The van der Waals surface area contributed by atoms with E-state index in [4.69, 9.17) is 21.1 Å². The summed E-state index contributed by atoms with van der Waals surface area (Å²) in [6.07, 6.45) is 1.67. The van der Waals surface area contributed by atoms with Crippen LogP contribution in [0.2, 0.25) is 5.02 Å². The summed E-state index contributed by atoms with van der Waals surface area (Å²) in [7, 11) is 2.93. The zero-order valence-electron chi connectivity index (χ0n) is 11.0. The molecule has 0 unspecified atom stereocenters. The van der Waals surface area contributed by atoms with Gasteiger partial charge in [-0.25, -0.2) is 0 Å². The van der Waals surface area contributed by atoms with Gasteiger partial charge in [0.05, 0.1) is 0 Å². The molecule has 0 bridgehead atoms. The van der Waals surface area contributed by atoms with E-state index in [2.05, 4.69) is 4.98 Å². The minimum atomic E-state index is -0.454. The van der Waals surface area contributed by atoms with Gasteiger partial charge >= 0.3 is 128 Å². The summed E-state index contributed by atoms with van der Waals surface area (Å²) < 4.78 is 11.8. The summed E-state index contributed by atoms with van der Waals surface area (Å²) in [6.45, 7) is 0. The number of rotatable bonds is 4. The molecule has 103 valence electrons. The third-order valence-electron chi connectivity index (χ3n) is 2.56. The van der Waals surface area contributed by atoms with E-state index >= 15 is 0 Å². The molecular formula is C14H12AsClNO3. The van der Waals surface area contributed by atoms with E-state index in [1.165, 1.54) is 7.11 Å². The second kappa shape index (κ2) is 6.78. The van der Waals surface area contributed by atoms with Crippen molar-refractivity contribution in [3.05, 3.63) is 47.1 Å². The molecule has 0 aliphatic rings. The fourth-order valence-electron chi connectivity index (χ4n) is 1.60. The van der Waals surface area contributed by atoms with Crippen molar-refractivity contribution in [2.75, 3.05) is 14.2 Å². The number of nitrogens with zero attached hydrogens (tertiary/aromatic N) is 1. The molecule has 0 aliphatic heterocycles. The number of hydrogen-bond acceptors (Lipinski definition) is 4. The number of hydrogen-bond donors (Lipinski definition) is 0. The second-order valence-corrected chi connectivity index (χ2v) is 6.65. The van der Waals surface area contributed by atoms with E-state index in [9.17, 15) is 4.79 Å². The van der Waals surface area contributed by atoms with Gasteiger partial charge in [-0.05, 0) is 0 Å². The van der Waals surface area contributed by atoms with Gasteiger partial charge in [-0.15, -0.1) is 0 Å². The van der Waals surface area contributed by atoms with Crippen LogP contribution in [0.3, 0.4) is 0 Å². The van der Waals surface area contributed by atoms with Gasteiger partial charge in [0.1, 0.15) is 0 Å². The first-order chi connectivity index (χ1) is 9.65. The predicted molar refractivity (Wildman–Crippen MR) is 78.6 cm³/mol. The van der Waals surface area contributed by atoms with Gasteiger partial charge in [0.25, 0.3) is 0 Å². The number of pyridine rings is 1. The Hall–Kier alpha value is -1.51. The Bertz CT molecular complexity index is 634. The molecule has 4 nitrogen and oxygen atoms in total. The molecule has 2 rings (SSSR count). The Morgan fingerprint density at radius 2 is 2.10 bits per heavy atom. The number of halogens is 1. The molecule has 20 heavy (non-hydrogen) atoms. The van der Waals surface area contributed by atoms with Crippen LogP contribution in [-0.4, -0.2) is 40.9 Å². The van der Waals surface area contributed by atoms with Crippen molar-refractivity contribution in [1.82, 2.24) is 4.98 Å². The van der Waals surface area contributed by atoms with E-state index in [1.54, 1.807) is 31.5 Å². The Labute approximate surface area is 128 Å². The molecule has 0 spiro atoms. The second-order valence-electron chi connectivity index (χ2n) is 3.80. The molecule has 0 aliphatic carbocycles. The summed E-state index contributed by atoms with van der Waals surface area (Å²) >= 11 is 5.55. The monoisotopic (exact) mass is 352 g/mol. The number of benzene rings is 1. The Balaban J connectivity index is 2.33. The molecular weight excluding hydrogens is 341 g/mol. The maximum atomic E-state index is 11.7. The first-order valence-corrected chi connectivity index (χ1v) is 7.99. The van der Waals surface area contributed by atoms with Crippen molar-refractivity contribution in [1.29, 1.82) is 0 Å². The fraction of sp³-hybridized carbons (Fsp3) is 0.143. The van der Waals surface area contributed by atoms with Crippen LogP contribution in [0.25, 0.3) is 0 Å². The molecule has 0 fully saturated rings. The molecule has 2 aromatic rings. The van der Waals surface area contributed by atoms with Gasteiger partial charge in [-0.2, -0.15) is 0 Å². The van der Waals surface area contributed by atoms with Crippen molar-refractivity contribution >= 4 is 42.2 Å². The maximum absolute atomic E-state index is 11.7. The third-order valence-corrected chi connectivity index (χ3v) is 5.19. The molecule has 0 amide bonds. The average Bonchev–Trinajstić information content (AvgIpc) is 2.49. The molecule has 0 saturated heterocycles. The fourth-order valence-corrected chi connectivity index (χ4v) is 3.86. The van der Waals surface area contributed by atoms with Gasteiger partial charge in [0.2, 0.25) is 0 Å². The number of carbonyl (C=O) groups excluding carboxylic acids is 1. The normalized spacial score (nSPS) is 10.8. The molecule has 1 aromatic carbocycles. The first kappa shape index (κ1) is 14.9. The Morgan fingerprint density at radius 1 is 1.30 bits per heavy atom. The number of methoxy groups -OCH3 is 2. The zero-order chi connectivity index (χ0) is 14.5. The molecule has 0 N–H and O–H groups in total. The van der Waals surface area contributed by atoms with Crippen molar-refractivity contribution in [3.8, 4) is 5.75 Å². The summed E-state index contributed by atoms with van der Waals surface area (Å²) in [5.74, 6) is 0.249. The van der Waals surface area contributed by atoms with Crippen LogP contribution in [-0.2, 0) is 4.74 Å². The third kappa shape index (κ3) is 3.33. The van der Waals surface area contributed by atoms with E-state index in [0.717, 1.165) is 8.83 Å². The predicted octanol–water partition coefficient (Wildman–Crippen LogP) is 1.19. The van der Waals surface area contributed by atoms with Gasteiger partial charge in [-0.1, -0.05) is 0 Å². The van der Waals surface area contributed by atoms with Crippen LogP contribution >= 0.6 is 11.6 Å².